The second kappa shape index (κ2) is 7.37. The van der Waals surface area contributed by atoms with E-state index in [9.17, 15) is 0 Å². The van der Waals surface area contributed by atoms with Crippen molar-refractivity contribution in [1.82, 2.24) is 0 Å². The van der Waals surface area contributed by atoms with Gasteiger partial charge in [-0.25, -0.2) is 0 Å². The maximum absolute atomic E-state index is 8.55. The average molecular weight is 249 g/mol. The summed E-state index contributed by atoms with van der Waals surface area (Å²) >= 11 is 1.76. The van der Waals surface area contributed by atoms with Crippen molar-refractivity contribution in [1.29, 1.82) is 5.26 Å². The van der Waals surface area contributed by atoms with E-state index in [-0.39, 0.29) is 6.10 Å². The molecule has 3 heteroatoms. The van der Waals surface area contributed by atoms with Crippen molar-refractivity contribution in [3.8, 4) is 6.07 Å². The zero-order chi connectivity index (χ0) is 12.7. The molecule has 0 heterocycles. The molecule has 1 unspecified atom stereocenters. The van der Waals surface area contributed by atoms with Gasteiger partial charge in [0.1, 0.15) is 6.10 Å². The van der Waals surface area contributed by atoms with Gasteiger partial charge < -0.3 is 4.74 Å². The molecule has 0 aliphatic carbocycles. The fourth-order valence-corrected chi connectivity index (χ4v) is 2.11. The van der Waals surface area contributed by atoms with Crippen LogP contribution in [-0.4, -0.2) is 18.5 Å². The van der Waals surface area contributed by atoms with Gasteiger partial charge in [0.05, 0.1) is 12.7 Å². The number of hydrogen-bond acceptors (Lipinski definition) is 3. The Labute approximate surface area is 108 Å². The summed E-state index contributed by atoms with van der Waals surface area (Å²) in [7, 11) is 0. The predicted octanol–water partition coefficient (Wildman–Crippen LogP) is 3.83. The van der Waals surface area contributed by atoms with Crippen LogP contribution < -0.4 is 0 Å². The number of rotatable bonds is 6. The third-order valence-corrected chi connectivity index (χ3v) is 3.42. The first-order chi connectivity index (χ1) is 8.13. The van der Waals surface area contributed by atoms with Gasteiger partial charge in [-0.15, -0.1) is 11.8 Å². The van der Waals surface area contributed by atoms with Crippen LogP contribution in [0.5, 0.6) is 0 Å². The highest BCUT2D eigenvalue weighted by Gasteiger charge is 2.01. The molecule has 0 aromatic heterocycles. The first-order valence-corrected chi connectivity index (χ1v) is 6.86. The molecule has 17 heavy (non-hydrogen) atoms. The van der Waals surface area contributed by atoms with Crippen LogP contribution in [0.15, 0.2) is 29.2 Å². The number of nitriles is 1. The van der Waals surface area contributed by atoms with Crippen LogP contribution in [-0.2, 0) is 4.74 Å². The summed E-state index contributed by atoms with van der Waals surface area (Å²) in [5.74, 6) is 1.46. The normalized spacial score (nSPS) is 12.4. The van der Waals surface area contributed by atoms with E-state index in [1.807, 2.05) is 0 Å². The molecule has 0 aliphatic heterocycles. The Morgan fingerprint density at radius 3 is 2.41 bits per heavy atom. The van der Waals surface area contributed by atoms with Gasteiger partial charge in [-0.05, 0) is 30.5 Å². The molecule has 0 saturated carbocycles. The van der Waals surface area contributed by atoms with Crippen LogP contribution in [0.4, 0.5) is 0 Å². The molecule has 0 amide bonds. The smallest absolute Gasteiger partial charge is 0.141 e. The molecular weight excluding hydrogens is 230 g/mol. The summed E-state index contributed by atoms with van der Waals surface area (Å²) in [6.45, 7) is 6.77. The van der Waals surface area contributed by atoms with Crippen LogP contribution in [0, 0.1) is 11.3 Å². The van der Waals surface area contributed by atoms with Crippen molar-refractivity contribution in [2.45, 2.75) is 37.7 Å². The maximum Gasteiger partial charge on any atom is 0.141 e. The highest BCUT2D eigenvalue weighted by Crippen LogP contribution is 2.21. The van der Waals surface area contributed by atoms with Crippen molar-refractivity contribution in [3.05, 3.63) is 29.8 Å². The Kier molecular flexibility index (Phi) is 6.10. The minimum absolute atomic E-state index is 0.307. The molecule has 0 radical (unpaired) electrons. The third-order valence-electron chi connectivity index (χ3n) is 2.45. The zero-order valence-electron chi connectivity index (χ0n) is 10.6. The van der Waals surface area contributed by atoms with E-state index in [4.69, 9.17) is 10.00 Å². The van der Waals surface area contributed by atoms with E-state index >= 15 is 0 Å². The van der Waals surface area contributed by atoms with E-state index in [2.05, 4.69) is 44.2 Å². The molecule has 0 aliphatic rings. The highest BCUT2D eigenvalue weighted by molar-refractivity contribution is 7.99. The summed E-state index contributed by atoms with van der Waals surface area (Å²) in [5.41, 5.74) is 1.36. The van der Waals surface area contributed by atoms with Crippen LogP contribution in [0.3, 0.4) is 0 Å². The van der Waals surface area contributed by atoms with Gasteiger partial charge in [-0.2, -0.15) is 5.26 Å². The van der Waals surface area contributed by atoms with Gasteiger partial charge in [0.25, 0.3) is 0 Å². The largest absolute Gasteiger partial charge is 0.363 e. The first kappa shape index (κ1) is 14.1. The fraction of sp³-hybridized carbons (Fsp3) is 0.500. The second-order valence-electron chi connectivity index (χ2n) is 4.21. The molecule has 0 fully saturated rings. The summed E-state index contributed by atoms with van der Waals surface area (Å²) in [6.07, 6.45) is -0.307. The van der Waals surface area contributed by atoms with Crippen molar-refractivity contribution in [3.63, 3.8) is 0 Å². The molecule has 0 N–H and O–H groups in total. The van der Waals surface area contributed by atoms with Crippen molar-refractivity contribution < 1.29 is 4.74 Å². The first-order valence-electron chi connectivity index (χ1n) is 5.87. The third kappa shape index (κ3) is 5.25. The number of ether oxygens (including phenoxy) is 1. The van der Waals surface area contributed by atoms with Crippen molar-refractivity contribution in [2.24, 2.45) is 0 Å². The van der Waals surface area contributed by atoms with Gasteiger partial charge in [0, 0.05) is 10.6 Å². The number of thioether (sulfide) groups is 1. The lowest BCUT2D eigenvalue weighted by molar-refractivity contribution is 0.117. The molecule has 1 atom stereocenters. The summed E-state index contributed by atoms with van der Waals surface area (Å²) in [6, 6.07) is 10.7. The number of nitrogens with zero attached hydrogens (tertiary/aromatic N) is 1. The van der Waals surface area contributed by atoms with Gasteiger partial charge in [-0.3, -0.25) is 0 Å². The van der Waals surface area contributed by atoms with Crippen LogP contribution in [0.25, 0.3) is 0 Å². The van der Waals surface area contributed by atoms with Crippen LogP contribution in [0.1, 0.15) is 32.3 Å². The molecular formula is C14H19NOS. The molecule has 0 bridgehead atoms. The molecule has 1 aromatic carbocycles. The zero-order valence-corrected chi connectivity index (χ0v) is 11.5. The van der Waals surface area contributed by atoms with Crippen LogP contribution >= 0.6 is 11.8 Å². The monoisotopic (exact) mass is 249 g/mol. The average Bonchev–Trinajstić information content (AvgIpc) is 2.34. The van der Waals surface area contributed by atoms with E-state index in [1.165, 1.54) is 10.5 Å². The minimum Gasteiger partial charge on any atom is -0.363 e. The summed E-state index contributed by atoms with van der Waals surface area (Å²) in [5, 5.41) is 8.55. The lowest BCUT2D eigenvalue weighted by Gasteiger charge is -2.07. The van der Waals surface area contributed by atoms with E-state index in [0.717, 1.165) is 5.75 Å². The van der Waals surface area contributed by atoms with Crippen molar-refractivity contribution >= 4 is 11.8 Å². The summed E-state index contributed by atoms with van der Waals surface area (Å²) in [4.78, 5) is 1.25. The fourth-order valence-electron chi connectivity index (χ4n) is 1.37. The lowest BCUT2D eigenvalue weighted by Crippen LogP contribution is -2.07. The molecule has 92 valence electrons. The maximum atomic E-state index is 8.55. The standard InChI is InChI=1S/C14H19NOS/c1-11(2)13-4-6-14(7-5-13)17-9-8-16-12(3)10-15/h4-7,11-12H,8-9H2,1-3H3. The Morgan fingerprint density at radius 1 is 1.24 bits per heavy atom. The van der Waals surface area contributed by atoms with Crippen molar-refractivity contribution in [2.75, 3.05) is 12.4 Å². The number of hydrogen-bond donors (Lipinski definition) is 0. The quantitative estimate of drug-likeness (QED) is 0.567. The number of benzene rings is 1. The van der Waals surface area contributed by atoms with Gasteiger partial charge >= 0.3 is 0 Å². The van der Waals surface area contributed by atoms with E-state index < -0.39 is 0 Å². The molecule has 1 rings (SSSR count). The minimum atomic E-state index is -0.307. The molecule has 0 saturated heterocycles. The topological polar surface area (TPSA) is 33.0 Å². The summed E-state index contributed by atoms with van der Waals surface area (Å²) < 4.78 is 5.29. The predicted molar refractivity (Wildman–Crippen MR) is 72.3 cm³/mol. The van der Waals surface area contributed by atoms with Gasteiger partial charge in [0.2, 0.25) is 0 Å². The highest BCUT2D eigenvalue weighted by atomic mass is 32.2. The van der Waals surface area contributed by atoms with Gasteiger partial charge in [-0.1, -0.05) is 26.0 Å². The van der Waals surface area contributed by atoms with Gasteiger partial charge in [0.15, 0.2) is 0 Å². The Hall–Kier alpha value is -0.980. The van der Waals surface area contributed by atoms with E-state index in [0.29, 0.717) is 12.5 Å². The Balaban J connectivity index is 2.31. The SMILES string of the molecule is CC(C#N)OCCSc1ccc(C(C)C)cc1. The molecule has 0 spiro atoms. The Morgan fingerprint density at radius 2 is 1.88 bits per heavy atom. The lowest BCUT2D eigenvalue weighted by atomic mass is 10.0. The molecule has 1 aromatic rings. The molecule has 2 nitrogen and oxygen atoms in total. The second-order valence-corrected chi connectivity index (χ2v) is 5.38. The van der Waals surface area contributed by atoms with Crippen LogP contribution in [0.2, 0.25) is 0 Å². The Bertz CT molecular complexity index is 367. The van der Waals surface area contributed by atoms with E-state index in [1.54, 1.807) is 18.7 Å².